The summed E-state index contributed by atoms with van der Waals surface area (Å²) in [5.74, 6) is 1.36. The number of ether oxygens (including phenoxy) is 2. The molecule has 2 amide bonds. The van der Waals surface area contributed by atoms with Crippen molar-refractivity contribution in [1.29, 1.82) is 0 Å². The molecule has 4 N–H and O–H groups in total. The summed E-state index contributed by atoms with van der Waals surface area (Å²) in [7, 11) is 1.49. The zero-order valence-corrected chi connectivity index (χ0v) is 31.1. The topological polar surface area (TPSA) is 140 Å². The number of nitrogens with one attached hydrogen (secondary N) is 3. The van der Waals surface area contributed by atoms with E-state index in [9.17, 15) is 27.9 Å². The number of rotatable bonds is 15. The molecule has 294 valence electrons. The number of aliphatic hydroxyl groups is 1. The third-order valence-electron chi connectivity index (χ3n) is 10.5. The minimum absolute atomic E-state index is 0.155. The van der Waals surface area contributed by atoms with Gasteiger partial charge in [-0.05, 0) is 111 Å². The van der Waals surface area contributed by atoms with Gasteiger partial charge >= 0.3 is 6.18 Å². The molecule has 2 aliphatic rings. The fraction of sp³-hybridized carbons (Fsp3) is 0.381. The fourth-order valence-corrected chi connectivity index (χ4v) is 7.52. The minimum Gasteiger partial charge on any atom is -0.495 e. The number of carbonyl (C=O) groups excluding carboxylic acids is 2. The molecule has 1 atom stereocenters. The molecule has 3 aromatic carbocycles. The normalized spacial score (nSPS) is 17.7. The highest BCUT2D eigenvalue weighted by Crippen LogP contribution is 2.36. The molecule has 3 heterocycles. The molecule has 56 heavy (non-hydrogen) atoms. The molecule has 1 fully saturated rings. The molecule has 0 saturated heterocycles. The second-order valence-corrected chi connectivity index (χ2v) is 14.5. The predicted octanol–water partition coefficient (Wildman–Crippen LogP) is 7.90. The Morgan fingerprint density at radius 2 is 1.75 bits per heavy atom. The minimum atomic E-state index is -4.62. The second kappa shape index (κ2) is 17.1. The van der Waals surface area contributed by atoms with Crippen LogP contribution in [0.1, 0.15) is 90.1 Å². The number of alkyl halides is 3. The molecule has 0 bridgehead atoms. The average Bonchev–Trinajstić information content (AvgIpc) is 3.60. The van der Waals surface area contributed by atoms with Crippen LogP contribution in [0, 0.1) is 5.92 Å². The molecule has 5 aromatic rings. The lowest BCUT2D eigenvalue weighted by molar-refractivity contribution is -0.141. The quantitative estimate of drug-likeness (QED) is 0.0475. The summed E-state index contributed by atoms with van der Waals surface area (Å²) in [6.07, 6.45) is 4.54. The monoisotopic (exact) mass is 770 g/mol. The zero-order chi connectivity index (χ0) is 39.2. The summed E-state index contributed by atoms with van der Waals surface area (Å²) in [6, 6.07) is 20.4. The van der Waals surface area contributed by atoms with E-state index >= 15 is 0 Å². The SMILES string of the molecule is COc1cc2nn(C3CCC(CNCCCCCc4ccc(Oc5cccc6c5C(=O)NC(=O)C6)cc4)CC3)cc2cc1NC(O)c1cccc(C(F)(F)F)n1. The van der Waals surface area contributed by atoms with Gasteiger partial charge in [0.05, 0.1) is 42.0 Å². The number of aryl methyl sites for hydroxylation is 1. The smallest absolute Gasteiger partial charge is 0.433 e. The molecule has 1 aliphatic carbocycles. The van der Waals surface area contributed by atoms with Crippen LogP contribution in [0.5, 0.6) is 17.2 Å². The van der Waals surface area contributed by atoms with Crippen LogP contribution in [-0.4, -0.2) is 51.9 Å². The maximum absolute atomic E-state index is 13.2. The lowest BCUT2D eigenvalue weighted by atomic mass is 9.86. The third kappa shape index (κ3) is 9.31. The van der Waals surface area contributed by atoms with Crippen molar-refractivity contribution in [1.82, 2.24) is 25.4 Å². The van der Waals surface area contributed by atoms with Crippen molar-refractivity contribution in [3.8, 4) is 17.2 Å². The van der Waals surface area contributed by atoms with Gasteiger partial charge in [0.25, 0.3) is 5.91 Å². The lowest BCUT2D eigenvalue weighted by Gasteiger charge is -2.28. The van der Waals surface area contributed by atoms with E-state index in [1.54, 1.807) is 30.3 Å². The number of halogens is 3. The molecule has 11 nitrogen and oxygen atoms in total. The van der Waals surface area contributed by atoms with Crippen molar-refractivity contribution in [3.63, 3.8) is 0 Å². The van der Waals surface area contributed by atoms with Gasteiger partial charge in [0.1, 0.15) is 22.9 Å². The number of nitrogens with zero attached hydrogens (tertiary/aromatic N) is 3. The first-order chi connectivity index (χ1) is 27.0. The van der Waals surface area contributed by atoms with Crippen LogP contribution in [0.15, 0.2) is 79.0 Å². The summed E-state index contributed by atoms with van der Waals surface area (Å²) in [4.78, 5) is 27.7. The van der Waals surface area contributed by atoms with E-state index in [4.69, 9.17) is 14.6 Å². The molecule has 14 heteroatoms. The van der Waals surface area contributed by atoms with E-state index in [1.807, 2.05) is 23.0 Å². The zero-order valence-electron chi connectivity index (χ0n) is 31.1. The fourth-order valence-electron chi connectivity index (χ4n) is 7.52. The van der Waals surface area contributed by atoms with Crippen LogP contribution in [0.4, 0.5) is 18.9 Å². The van der Waals surface area contributed by atoms with E-state index in [0.717, 1.165) is 81.4 Å². The number of aliphatic hydroxyl groups excluding tert-OH is 1. The molecular formula is C42H45F3N6O5. The lowest BCUT2D eigenvalue weighted by Crippen LogP contribution is -2.37. The second-order valence-electron chi connectivity index (χ2n) is 14.5. The van der Waals surface area contributed by atoms with E-state index in [-0.39, 0.29) is 24.1 Å². The number of methoxy groups -OCH3 is 1. The number of hydrogen-bond acceptors (Lipinski definition) is 9. The van der Waals surface area contributed by atoms with Gasteiger partial charge in [-0.15, -0.1) is 0 Å². The summed E-state index contributed by atoms with van der Waals surface area (Å²) in [6.45, 7) is 1.97. The molecule has 0 radical (unpaired) electrons. The van der Waals surface area contributed by atoms with Crippen LogP contribution in [-0.2, 0) is 23.8 Å². The number of amides is 2. The molecule has 1 unspecified atom stereocenters. The predicted molar refractivity (Wildman–Crippen MR) is 205 cm³/mol. The van der Waals surface area contributed by atoms with E-state index in [2.05, 4.69) is 33.1 Å². The number of aromatic nitrogens is 3. The molecule has 0 spiro atoms. The number of carbonyl (C=O) groups is 2. The maximum Gasteiger partial charge on any atom is 0.433 e. The molecule has 2 aromatic heterocycles. The number of pyridine rings is 1. The summed E-state index contributed by atoms with van der Waals surface area (Å²) in [5, 5.41) is 25.2. The highest BCUT2D eigenvalue weighted by Gasteiger charge is 2.33. The van der Waals surface area contributed by atoms with Gasteiger partial charge in [-0.25, -0.2) is 4.98 Å². The summed E-state index contributed by atoms with van der Waals surface area (Å²) in [5.41, 5.74) is 2.23. The first-order valence-electron chi connectivity index (χ1n) is 19.0. The number of anilines is 1. The van der Waals surface area contributed by atoms with Crippen LogP contribution >= 0.6 is 0 Å². The largest absolute Gasteiger partial charge is 0.495 e. The molecular weight excluding hydrogens is 725 g/mol. The standard InChI is InChI=1S/C42H45F3N6O5/c1-55-36-23-33-29(21-34(36)48-40(53)32-9-6-11-37(47-32)42(43,44)45)25-51(50-33)30-16-12-27(13-17-30)24-46-20-4-2-3-7-26-14-18-31(19-15-26)56-35-10-5-8-28-22-38(52)49-41(54)39(28)35/h5-6,8-11,14-15,18-19,21,23,25,27,30,40,46,48,53H,2-4,7,12-13,16-17,20,22,24H2,1H3,(H,49,52,54). The first kappa shape index (κ1) is 38.8. The van der Waals surface area contributed by atoms with Crippen molar-refractivity contribution < 1.29 is 37.3 Å². The number of fused-ring (bicyclic) bond motifs is 2. The Balaban J connectivity index is 0.813. The maximum atomic E-state index is 13.2. The Morgan fingerprint density at radius 1 is 0.964 bits per heavy atom. The van der Waals surface area contributed by atoms with Crippen LogP contribution in [0.25, 0.3) is 10.9 Å². The Bertz CT molecular complexity index is 2160. The van der Waals surface area contributed by atoms with Crippen LogP contribution < -0.4 is 25.4 Å². The van der Waals surface area contributed by atoms with Gasteiger partial charge in [0.2, 0.25) is 5.91 Å². The highest BCUT2D eigenvalue weighted by atomic mass is 19.4. The molecule has 7 rings (SSSR count). The third-order valence-corrected chi connectivity index (χ3v) is 10.5. The van der Waals surface area contributed by atoms with Crippen molar-refractivity contribution >= 4 is 28.4 Å². The Morgan fingerprint density at radius 3 is 2.52 bits per heavy atom. The highest BCUT2D eigenvalue weighted by molar-refractivity contribution is 6.11. The number of unbranched alkanes of at least 4 members (excludes halogenated alkanes) is 2. The Hall–Kier alpha value is -5.47. The van der Waals surface area contributed by atoms with Gasteiger partial charge < -0.3 is 25.2 Å². The van der Waals surface area contributed by atoms with E-state index < -0.39 is 24.0 Å². The first-order valence-corrected chi connectivity index (χ1v) is 19.0. The molecule has 1 saturated carbocycles. The van der Waals surface area contributed by atoms with Crippen molar-refractivity contribution in [2.24, 2.45) is 5.92 Å². The summed E-state index contributed by atoms with van der Waals surface area (Å²) >= 11 is 0. The van der Waals surface area contributed by atoms with Crippen molar-refractivity contribution in [2.45, 2.75) is 76.2 Å². The van der Waals surface area contributed by atoms with Gasteiger partial charge in [-0.2, -0.15) is 18.3 Å². The Kier molecular flexibility index (Phi) is 11.9. The van der Waals surface area contributed by atoms with E-state index in [1.165, 1.54) is 24.8 Å². The van der Waals surface area contributed by atoms with Gasteiger partial charge in [-0.1, -0.05) is 36.8 Å². The number of hydrogen-bond donors (Lipinski definition) is 4. The van der Waals surface area contributed by atoms with E-state index in [0.29, 0.717) is 40.0 Å². The van der Waals surface area contributed by atoms with Gasteiger partial charge in [0.15, 0.2) is 6.23 Å². The Labute approximate surface area is 322 Å². The average molecular weight is 771 g/mol. The summed E-state index contributed by atoms with van der Waals surface area (Å²) < 4.78 is 53.0. The van der Waals surface area contributed by atoms with Crippen LogP contribution in [0.2, 0.25) is 0 Å². The van der Waals surface area contributed by atoms with Crippen molar-refractivity contribution in [2.75, 3.05) is 25.5 Å². The van der Waals surface area contributed by atoms with Gasteiger partial charge in [0, 0.05) is 17.6 Å². The van der Waals surface area contributed by atoms with Crippen LogP contribution in [0.3, 0.4) is 0 Å². The van der Waals surface area contributed by atoms with Gasteiger partial charge in [-0.3, -0.25) is 19.6 Å². The number of benzene rings is 3. The molecule has 1 aliphatic heterocycles. The number of imide groups is 1. The van der Waals surface area contributed by atoms with Crippen molar-refractivity contribution in [3.05, 3.63) is 107 Å².